The molecule has 2 aromatic carbocycles. The number of carbonyl (C=O) groups excluding carboxylic acids is 3. The van der Waals surface area contributed by atoms with Crippen LogP contribution in [0.1, 0.15) is 35.4 Å². The van der Waals surface area contributed by atoms with Crippen LogP contribution in [0, 0.1) is 37.5 Å². The Morgan fingerprint density at radius 2 is 1.71 bits per heavy atom. The number of anilines is 1. The van der Waals surface area contributed by atoms with E-state index in [9.17, 15) is 14.4 Å². The van der Waals surface area contributed by atoms with Gasteiger partial charge in [0.2, 0.25) is 17.7 Å². The Hall–Kier alpha value is -2.47. The maximum absolute atomic E-state index is 13.2. The molecule has 3 aliphatic rings. The van der Waals surface area contributed by atoms with Crippen molar-refractivity contribution in [1.82, 2.24) is 4.90 Å². The van der Waals surface area contributed by atoms with Crippen molar-refractivity contribution in [3.63, 3.8) is 0 Å². The molecule has 1 heterocycles. The minimum Gasteiger partial charge on any atom is -0.324 e. The number of imide groups is 1. The van der Waals surface area contributed by atoms with Gasteiger partial charge in [-0.05, 0) is 73.3 Å². The summed E-state index contributed by atoms with van der Waals surface area (Å²) in [5.41, 5.74) is 3.96. The second-order valence-electron chi connectivity index (χ2n) is 9.12. The van der Waals surface area contributed by atoms with Gasteiger partial charge in [-0.25, -0.2) is 0 Å². The number of benzene rings is 2. The van der Waals surface area contributed by atoms with E-state index >= 15 is 0 Å². The number of halogens is 1. The molecule has 160 valence electrons. The Kier molecular flexibility index (Phi) is 5.00. The molecule has 5 nitrogen and oxygen atoms in total. The molecule has 31 heavy (non-hydrogen) atoms. The van der Waals surface area contributed by atoms with Crippen molar-refractivity contribution >= 4 is 39.3 Å². The average molecular weight is 481 g/mol. The predicted molar refractivity (Wildman–Crippen MR) is 121 cm³/mol. The van der Waals surface area contributed by atoms with Gasteiger partial charge < -0.3 is 5.32 Å². The lowest BCUT2D eigenvalue weighted by Crippen LogP contribution is -2.39. The Balaban J connectivity index is 1.32. The highest BCUT2D eigenvalue weighted by Crippen LogP contribution is 2.61. The fourth-order valence-electron chi connectivity index (χ4n) is 6.02. The topological polar surface area (TPSA) is 66.5 Å². The van der Waals surface area contributed by atoms with Gasteiger partial charge in [-0.2, -0.15) is 0 Å². The summed E-state index contributed by atoms with van der Waals surface area (Å²) in [5, 5.41) is 2.88. The molecule has 2 saturated carbocycles. The molecule has 1 aliphatic heterocycles. The summed E-state index contributed by atoms with van der Waals surface area (Å²) in [5.74, 6) is -0.429. The summed E-state index contributed by atoms with van der Waals surface area (Å²) in [7, 11) is 0. The summed E-state index contributed by atoms with van der Waals surface area (Å²) in [6, 6.07) is 14.0. The van der Waals surface area contributed by atoms with E-state index < -0.39 is 0 Å². The molecule has 1 N–H and O–H groups in total. The zero-order valence-corrected chi connectivity index (χ0v) is 19.2. The molecule has 2 bridgehead atoms. The average Bonchev–Trinajstić information content (AvgIpc) is 3.43. The number of likely N-dealkylation sites (tertiary alicyclic amines) is 1. The molecule has 3 amide bonds. The lowest BCUT2D eigenvalue weighted by atomic mass is 9.73. The van der Waals surface area contributed by atoms with Crippen molar-refractivity contribution in [2.45, 2.75) is 32.6 Å². The Morgan fingerprint density at radius 1 is 1.00 bits per heavy atom. The fraction of sp³-hybridized carbons (Fsp3) is 0.400. The second-order valence-corrected chi connectivity index (χ2v) is 9.97. The second kappa shape index (κ2) is 7.59. The van der Waals surface area contributed by atoms with Gasteiger partial charge in [0.15, 0.2) is 0 Å². The van der Waals surface area contributed by atoms with E-state index in [0.717, 1.165) is 28.4 Å². The van der Waals surface area contributed by atoms with E-state index in [1.165, 1.54) is 10.5 Å². The van der Waals surface area contributed by atoms with Crippen molar-refractivity contribution < 1.29 is 14.4 Å². The number of amides is 3. The van der Waals surface area contributed by atoms with Crippen molar-refractivity contribution in [2.75, 3.05) is 11.9 Å². The van der Waals surface area contributed by atoms with Gasteiger partial charge >= 0.3 is 0 Å². The van der Waals surface area contributed by atoms with Crippen LogP contribution in [-0.4, -0.2) is 29.2 Å². The van der Waals surface area contributed by atoms with Gasteiger partial charge in [0.1, 0.15) is 6.54 Å². The number of carbonyl (C=O) groups is 3. The van der Waals surface area contributed by atoms with Crippen LogP contribution in [0.25, 0.3) is 0 Å². The maximum Gasteiger partial charge on any atom is 0.244 e. The minimum absolute atomic E-state index is 0.159. The quantitative estimate of drug-likeness (QED) is 0.658. The van der Waals surface area contributed by atoms with Gasteiger partial charge in [-0.1, -0.05) is 46.3 Å². The molecule has 3 fully saturated rings. The first-order valence-electron chi connectivity index (χ1n) is 10.8. The van der Waals surface area contributed by atoms with E-state index in [0.29, 0.717) is 11.6 Å². The van der Waals surface area contributed by atoms with Gasteiger partial charge in [0.25, 0.3) is 0 Å². The Labute approximate surface area is 190 Å². The lowest BCUT2D eigenvalue weighted by Gasteiger charge is -2.28. The van der Waals surface area contributed by atoms with Crippen LogP contribution in [0.3, 0.4) is 0 Å². The summed E-state index contributed by atoms with van der Waals surface area (Å²) >= 11 is 3.49. The summed E-state index contributed by atoms with van der Waals surface area (Å²) in [6.45, 7) is 3.70. The first kappa shape index (κ1) is 20.4. The van der Waals surface area contributed by atoms with Crippen LogP contribution in [0.5, 0.6) is 0 Å². The van der Waals surface area contributed by atoms with Crippen LogP contribution in [0.4, 0.5) is 5.69 Å². The van der Waals surface area contributed by atoms with E-state index in [2.05, 4.69) is 33.4 Å². The zero-order chi connectivity index (χ0) is 21.9. The van der Waals surface area contributed by atoms with Gasteiger partial charge in [0.05, 0.1) is 11.8 Å². The van der Waals surface area contributed by atoms with E-state index in [1.807, 2.05) is 44.2 Å². The summed E-state index contributed by atoms with van der Waals surface area (Å²) in [4.78, 5) is 40.3. The highest BCUT2D eigenvalue weighted by atomic mass is 79.9. The first-order valence-corrected chi connectivity index (χ1v) is 11.6. The van der Waals surface area contributed by atoms with Crippen molar-refractivity contribution in [3.05, 3.63) is 63.6 Å². The molecule has 6 heteroatoms. The number of hydrogen-bond donors (Lipinski definition) is 1. The third-order valence-electron chi connectivity index (χ3n) is 7.63. The standard InChI is InChI=1S/C25H25BrN2O3/c1-13-14(2)20(9-8-19(13)26)27-21(29)12-28-24(30)22-16-10-17(15-6-4-3-5-7-15)18(11-16)23(22)25(28)31/h3-9,16-18,22-23H,10-12H2,1-2H3,(H,27,29)/t16-,17-,18+,22+,23+/m0/s1. The van der Waals surface area contributed by atoms with Gasteiger partial charge in [0, 0.05) is 10.2 Å². The summed E-state index contributed by atoms with van der Waals surface area (Å²) in [6.07, 6.45) is 1.88. The molecule has 5 atom stereocenters. The highest BCUT2D eigenvalue weighted by Gasteiger charge is 2.63. The molecule has 1 saturated heterocycles. The Morgan fingerprint density at radius 3 is 2.45 bits per heavy atom. The van der Waals surface area contributed by atoms with Crippen LogP contribution < -0.4 is 5.32 Å². The lowest BCUT2D eigenvalue weighted by molar-refractivity contribution is -0.143. The monoisotopic (exact) mass is 480 g/mol. The number of rotatable bonds is 4. The maximum atomic E-state index is 13.2. The first-order chi connectivity index (χ1) is 14.9. The largest absolute Gasteiger partial charge is 0.324 e. The molecule has 2 aromatic rings. The molecule has 5 rings (SSSR count). The highest BCUT2D eigenvalue weighted by molar-refractivity contribution is 9.10. The molecular formula is C25H25BrN2O3. The number of nitrogens with zero attached hydrogens (tertiary/aromatic N) is 1. The predicted octanol–water partition coefficient (Wildman–Crippen LogP) is 4.43. The number of nitrogens with one attached hydrogen (secondary N) is 1. The van der Waals surface area contributed by atoms with Crippen LogP contribution >= 0.6 is 15.9 Å². The van der Waals surface area contributed by atoms with Gasteiger partial charge in [-0.15, -0.1) is 0 Å². The molecule has 0 aromatic heterocycles. The summed E-state index contributed by atoms with van der Waals surface area (Å²) < 4.78 is 0.976. The van der Waals surface area contributed by atoms with Crippen LogP contribution in [-0.2, 0) is 14.4 Å². The number of hydrogen-bond acceptors (Lipinski definition) is 3. The van der Waals surface area contributed by atoms with Crippen LogP contribution in [0.15, 0.2) is 46.9 Å². The SMILES string of the molecule is Cc1c(Br)ccc(NC(=O)CN2C(=O)[C@@H]3[C@@H]4C[C@@H]([C@H]3C2=O)[C@H](c2ccccc2)C4)c1C. The molecule has 0 radical (unpaired) electrons. The zero-order valence-electron chi connectivity index (χ0n) is 17.6. The normalized spacial score (nSPS) is 28.9. The molecule has 0 spiro atoms. The van der Waals surface area contributed by atoms with E-state index in [-0.39, 0.29) is 47.9 Å². The molecule has 0 unspecified atom stereocenters. The van der Waals surface area contributed by atoms with Gasteiger partial charge in [-0.3, -0.25) is 19.3 Å². The minimum atomic E-state index is -0.335. The molecule has 2 aliphatic carbocycles. The van der Waals surface area contributed by atoms with E-state index in [1.54, 1.807) is 0 Å². The third-order valence-corrected chi connectivity index (χ3v) is 8.49. The third kappa shape index (κ3) is 3.23. The van der Waals surface area contributed by atoms with E-state index in [4.69, 9.17) is 0 Å². The Bertz CT molecular complexity index is 1080. The molecular weight excluding hydrogens is 456 g/mol. The van der Waals surface area contributed by atoms with Crippen molar-refractivity contribution in [1.29, 1.82) is 0 Å². The fourth-order valence-corrected chi connectivity index (χ4v) is 6.45. The van der Waals surface area contributed by atoms with Crippen LogP contribution in [0.2, 0.25) is 0 Å². The van der Waals surface area contributed by atoms with Crippen molar-refractivity contribution in [2.24, 2.45) is 23.7 Å². The smallest absolute Gasteiger partial charge is 0.244 e. The number of fused-ring (bicyclic) bond motifs is 5. The van der Waals surface area contributed by atoms with Crippen molar-refractivity contribution in [3.8, 4) is 0 Å².